The lowest BCUT2D eigenvalue weighted by Crippen LogP contribution is -2.36. The molecule has 4 aromatic rings. The number of nitrogens with one attached hydrogen (secondary N) is 1. The van der Waals surface area contributed by atoms with Crippen LogP contribution in [-0.2, 0) is 16.1 Å². The van der Waals surface area contributed by atoms with E-state index in [4.69, 9.17) is 4.74 Å². The van der Waals surface area contributed by atoms with Crippen LogP contribution in [0.1, 0.15) is 30.9 Å². The number of nitrogens with zero attached hydrogens (tertiary/aromatic N) is 2. The van der Waals surface area contributed by atoms with Crippen molar-refractivity contribution in [3.8, 4) is 5.75 Å². The number of hydrogen-bond donors (Lipinski definition) is 1. The lowest BCUT2D eigenvalue weighted by molar-refractivity contribution is -0.127. The van der Waals surface area contributed by atoms with Gasteiger partial charge in [-0.1, -0.05) is 62.4 Å². The molecule has 1 fully saturated rings. The average Bonchev–Trinajstić information content (AvgIpc) is 3.41. The van der Waals surface area contributed by atoms with E-state index in [0.717, 1.165) is 44.4 Å². The van der Waals surface area contributed by atoms with E-state index in [1.807, 2.05) is 85.1 Å². The third-order valence-electron chi connectivity index (χ3n) is 6.49. The maximum atomic E-state index is 13.1. The van der Waals surface area contributed by atoms with Crippen molar-refractivity contribution >= 4 is 51.5 Å². The standard InChI is InChI=1S/C31H29N3O4S/c1-21(2)22-12-14-24(15-13-22)32-29(35)20-34-30(36)28(39-31(34)37)18-23-19-33(27-11-7-6-10-26(23)27)16-17-38-25-8-4-3-5-9-25/h3-15,18-19,21H,16-17,20H2,1-2H3,(H,32,35)/b28-18-. The first-order chi connectivity index (χ1) is 18.9. The minimum absolute atomic E-state index is 0.289. The third kappa shape index (κ3) is 6.07. The summed E-state index contributed by atoms with van der Waals surface area (Å²) < 4.78 is 7.93. The molecule has 8 heteroatoms. The van der Waals surface area contributed by atoms with E-state index in [2.05, 4.69) is 23.7 Å². The maximum absolute atomic E-state index is 13.1. The van der Waals surface area contributed by atoms with Crippen LogP contribution in [0, 0.1) is 0 Å². The number of rotatable bonds is 9. The minimum Gasteiger partial charge on any atom is -0.492 e. The zero-order chi connectivity index (χ0) is 27.4. The molecule has 0 radical (unpaired) electrons. The first-order valence-corrected chi connectivity index (χ1v) is 13.6. The number of thioether (sulfide) groups is 1. The number of ether oxygens (including phenoxy) is 1. The lowest BCUT2D eigenvalue weighted by atomic mass is 10.0. The molecule has 0 unspecified atom stereocenters. The molecule has 198 valence electrons. The van der Waals surface area contributed by atoms with Gasteiger partial charge < -0.3 is 14.6 Å². The summed E-state index contributed by atoms with van der Waals surface area (Å²) in [6, 6.07) is 25.1. The van der Waals surface area contributed by atoms with Gasteiger partial charge in [0, 0.05) is 28.4 Å². The van der Waals surface area contributed by atoms with Gasteiger partial charge in [-0.25, -0.2) is 0 Å². The van der Waals surface area contributed by atoms with Crippen molar-refractivity contribution < 1.29 is 19.1 Å². The van der Waals surface area contributed by atoms with Gasteiger partial charge in [-0.15, -0.1) is 0 Å². The number of amides is 3. The fourth-order valence-corrected chi connectivity index (χ4v) is 5.26. The molecule has 1 aliphatic rings. The molecule has 0 bridgehead atoms. The van der Waals surface area contributed by atoms with Crippen molar-refractivity contribution in [3.63, 3.8) is 0 Å². The maximum Gasteiger partial charge on any atom is 0.294 e. The van der Waals surface area contributed by atoms with Crippen molar-refractivity contribution in [2.45, 2.75) is 26.3 Å². The van der Waals surface area contributed by atoms with Crippen molar-refractivity contribution in [1.82, 2.24) is 9.47 Å². The number of benzene rings is 3. The molecule has 0 spiro atoms. The predicted molar refractivity (Wildman–Crippen MR) is 156 cm³/mol. The molecule has 0 atom stereocenters. The summed E-state index contributed by atoms with van der Waals surface area (Å²) >= 11 is 0.848. The van der Waals surface area contributed by atoms with E-state index in [0.29, 0.717) is 24.8 Å². The van der Waals surface area contributed by atoms with Crippen LogP contribution in [0.15, 0.2) is 90.0 Å². The quantitative estimate of drug-likeness (QED) is 0.245. The Morgan fingerprint density at radius 3 is 2.44 bits per heavy atom. The summed E-state index contributed by atoms with van der Waals surface area (Å²) in [5.41, 5.74) is 3.61. The van der Waals surface area contributed by atoms with Crippen LogP contribution in [0.4, 0.5) is 10.5 Å². The molecule has 5 rings (SSSR count). The first-order valence-electron chi connectivity index (χ1n) is 12.8. The van der Waals surface area contributed by atoms with Gasteiger partial charge in [0.2, 0.25) is 5.91 Å². The topological polar surface area (TPSA) is 80.6 Å². The van der Waals surface area contributed by atoms with Gasteiger partial charge in [-0.05, 0) is 59.7 Å². The Bertz CT molecular complexity index is 1540. The number of hydrogen-bond acceptors (Lipinski definition) is 5. The number of para-hydroxylation sites is 2. The Labute approximate surface area is 231 Å². The van der Waals surface area contributed by atoms with Crippen LogP contribution in [-0.4, -0.2) is 39.7 Å². The number of imide groups is 1. The summed E-state index contributed by atoms with van der Waals surface area (Å²) in [7, 11) is 0. The van der Waals surface area contributed by atoms with Crippen LogP contribution in [0.25, 0.3) is 17.0 Å². The zero-order valence-corrected chi connectivity index (χ0v) is 22.6. The number of aromatic nitrogens is 1. The summed E-state index contributed by atoms with van der Waals surface area (Å²) in [6.45, 7) is 4.95. The van der Waals surface area contributed by atoms with E-state index < -0.39 is 17.1 Å². The fourth-order valence-electron chi connectivity index (χ4n) is 4.43. The van der Waals surface area contributed by atoms with Gasteiger partial charge >= 0.3 is 0 Å². The second kappa shape index (κ2) is 11.6. The molecule has 0 aliphatic carbocycles. The Morgan fingerprint density at radius 2 is 1.69 bits per heavy atom. The van der Waals surface area contributed by atoms with Gasteiger partial charge in [-0.3, -0.25) is 19.3 Å². The van der Waals surface area contributed by atoms with Crippen LogP contribution in [0.3, 0.4) is 0 Å². The van der Waals surface area contributed by atoms with Crippen molar-refractivity contribution in [2.24, 2.45) is 0 Å². The molecular formula is C31H29N3O4S. The van der Waals surface area contributed by atoms with Gasteiger partial charge in [0.15, 0.2) is 0 Å². The van der Waals surface area contributed by atoms with E-state index in [9.17, 15) is 14.4 Å². The number of carbonyl (C=O) groups excluding carboxylic acids is 3. The van der Waals surface area contributed by atoms with E-state index in [1.54, 1.807) is 6.08 Å². The molecule has 1 saturated heterocycles. The first kappa shape index (κ1) is 26.3. The summed E-state index contributed by atoms with van der Waals surface area (Å²) in [4.78, 5) is 39.7. The van der Waals surface area contributed by atoms with E-state index in [1.165, 1.54) is 0 Å². The molecule has 1 N–H and O–H groups in total. The van der Waals surface area contributed by atoms with Crippen molar-refractivity contribution in [3.05, 3.63) is 101 Å². The molecule has 0 saturated carbocycles. The fraction of sp³-hybridized carbons (Fsp3) is 0.194. The Hall–Kier alpha value is -4.30. The molecule has 1 aromatic heterocycles. The van der Waals surface area contributed by atoms with Gasteiger partial charge in [0.1, 0.15) is 18.9 Å². The van der Waals surface area contributed by atoms with E-state index >= 15 is 0 Å². The highest BCUT2D eigenvalue weighted by atomic mass is 32.2. The smallest absolute Gasteiger partial charge is 0.294 e. The molecule has 39 heavy (non-hydrogen) atoms. The van der Waals surface area contributed by atoms with Crippen LogP contribution >= 0.6 is 11.8 Å². The van der Waals surface area contributed by atoms with Crippen LogP contribution in [0.5, 0.6) is 5.75 Å². The summed E-state index contributed by atoms with van der Waals surface area (Å²) in [5.74, 6) is 0.290. The summed E-state index contributed by atoms with van der Waals surface area (Å²) in [6.07, 6.45) is 3.69. The molecule has 2 heterocycles. The zero-order valence-electron chi connectivity index (χ0n) is 21.8. The SMILES string of the molecule is CC(C)c1ccc(NC(=O)CN2C(=O)S/C(=C\c3cn(CCOc4ccccc4)c4ccccc34)C2=O)cc1. The number of fused-ring (bicyclic) bond motifs is 1. The Morgan fingerprint density at radius 1 is 0.974 bits per heavy atom. The van der Waals surface area contributed by atoms with Gasteiger partial charge in [0.05, 0.1) is 11.4 Å². The van der Waals surface area contributed by atoms with Crippen LogP contribution < -0.4 is 10.1 Å². The van der Waals surface area contributed by atoms with Crippen molar-refractivity contribution in [1.29, 1.82) is 0 Å². The lowest BCUT2D eigenvalue weighted by Gasteiger charge is -2.13. The number of carbonyl (C=O) groups is 3. The molecule has 3 aromatic carbocycles. The molecule has 3 amide bonds. The highest BCUT2D eigenvalue weighted by Crippen LogP contribution is 2.34. The minimum atomic E-state index is -0.473. The summed E-state index contributed by atoms with van der Waals surface area (Å²) in [5, 5.41) is 3.27. The third-order valence-corrected chi connectivity index (χ3v) is 7.39. The monoisotopic (exact) mass is 539 g/mol. The Kier molecular flexibility index (Phi) is 7.84. The normalized spacial score (nSPS) is 14.5. The largest absolute Gasteiger partial charge is 0.492 e. The number of anilines is 1. The highest BCUT2D eigenvalue weighted by Gasteiger charge is 2.36. The molecule has 7 nitrogen and oxygen atoms in total. The predicted octanol–water partition coefficient (Wildman–Crippen LogP) is 6.52. The van der Waals surface area contributed by atoms with Crippen LogP contribution in [0.2, 0.25) is 0 Å². The van der Waals surface area contributed by atoms with E-state index in [-0.39, 0.29) is 11.4 Å². The van der Waals surface area contributed by atoms with Crippen molar-refractivity contribution in [2.75, 3.05) is 18.5 Å². The molecular weight excluding hydrogens is 510 g/mol. The highest BCUT2D eigenvalue weighted by molar-refractivity contribution is 8.18. The Balaban J connectivity index is 1.28. The molecule has 1 aliphatic heterocycles. The van der Waals surface area contributed by atoms with Gasteiger partial charge in [0.25, 0.3) is 11.1 Å². The second-order valence-electron chi connectivity index (χ2n) is 9.55. The average molecular weight is 540 g/mol. The second-order valence-corrected chi connectivity index (χ2v) is 10.5. The van der Waals surface area contributed by atoms with Gasteiger partial charge in [-0.2, -0.15) is 0 Å².